The zero-order valence-electron chi connectivity index (χ0n) is 13.1. The van der Waals surface area contributed by atoms with Crippen molar-refractivity contribution < 1.29 is 13.6 Å². The fraction of sp³-hybridized carbons (Fsp3) is 0.211. The molecule has 120 valence electrons. The van der Waals surface area contributed by atoms with Gasteiger partial charge in [0.05, 0.1) is 6.07 Å². The number of ketones is 1. The second kappa shape index (κ2) is 6.63. The van der Waals surface area contributed by atoms with E-state index in [9.17, 15) is 14.4 Å². The predicted octanol–water partition coefficient (Wildman–Crippen LogP) is 4.34. The highest BCUT2D eigenvalue weighted by atomic mass is 19.1. The quantitative estimate of drug-likeness (QED) is 0.701. The van der Waals surface area contributed by atoms with E-state index in [1.165, 1.54) is 6.07 Å². The van der Waals surface area contributed by atoms with Gasteiger partial charge in [-0.15, -0.1) is 0 Å². The van der Waals surface area contributed by atoms with Gasteiger partial charge in [-0.05, 0) is 29.7 Å². The van der Waals surface area contributed by atoms with Crippen LogP contribution in [0.3, 0.4) is 0 Å². The number of carbonyl (C=O) groups is 1. The molecule has 4 nitrogen and oxygen atoms in total. The van der Waals surface area contributed by atoms with E-state index in [4.69, 9.17) is 4.42 Å². The molecule has 0 aliphatic heterocycles. The van der Waals surface area contributed by atoms with Gasteiger partial charge in [0.1, 0.15) is 11.3 Å². The van der Waals surface area contributed by atoms with E-state index in [1.54, 1.807) is 49.4 Å². The van der Waals surface area contributed by atoms with E-state index in [-0.39, 0.29) is 29.8 Å². The second-order valence-corrected chi connectivity index (χ2v) is 5.67. The molecular weight excluding hydrogens is 307 g/mol. The summed E-state index contributed by atoms with van der Waals surface area (Å²) in [5, 5.41) is 9.37. The van der Waals surface area contributed by atoms with Crippen molar-refractivity contribution in [2.45, 2.75) is 25.2 Å². The van der Waals surface area contributed by atoms with E-state index in [2.05, 4.69) is 4.98 Å². The van der Waals surface area contributed by atoms with Crippen LogP contribution in [0.15, 0.2) is 52.9 Å². The minimum absolute atomic E-state index is 0.0396. The highest BCUT2D eigenvalue weighted by molar-refractivity contribution is 5.88. The third-order valence-corrected chi connectivity index (χ3v) is 3.95. The van der Waals surface area contributed by atoms with Gasteiger partial charge in [-0.3, -0.25) is 4.79 Å². The summed E-state index contributed by atoms with van der Waals surface area (Å²) in [4.78, 5) is 16.7. The van der Waals surface area contributed by atoms with Gasteiger partial charge in [-0.1, -0.05) is 37.3 Å². The smallest absolute Gasteiger partial charge is 0.220 e. The van der Waals surface area contributed by atoms with Crippen molar-refractivity contribution in [3.05, 3.63) is 65.8 Å². The molecule has 0 radical (unpaired) electrons. The Kier molecular flexibility index (Phi) is 4.39. The maximum Gasteiger partial charge on any atom is 0.220 e. The average Bonchev–Trinajstić information content (AvgIpc) is 2.99. The molecule has 0 aliphatic carbocycles. The molecule has 24 heavy (non-hydrogen) atoms. The highest BCUT2D eigenvalue weighted by Crippen LogP contribution is 2.27. The summed E-state index contributed by atoms with van der Waals surface area (Å²) in [5.41, 5.74) is 1.59. The lowest BCUT2D eigenvalue weighted by atomic mass is 9.91. The first-order valence-electron chi connectivity index (χ1n) is 7.62. The average molecular weight is 322 g/mol. The SMILES string of the molecule is C[C@H](CC(=O)[C@@H](C#N)c1nc2ccccc2o1)c1ccccc1F. The summed E-state index contributed by atoms with van der Waals surface area (Å²) in [5.74, 6) is -2.03. The minimum atomic E-state index is -1.09. The fourth-order valence-electron chi connectivity index (χ4n) is 2.68. The Balaban J connectivity index is 1.82. The Labute approximate surface area is 138 Å². The summed E-state index contributed by atoms with van der Waals surface area (Å²) in [6.07, 6.45) is 0.0396. The lowest BCUT2D eigenvalue weighted by molar-refractivity contribution is -0.120. The fourth-order valence-corrected chi connectivity index (χ4v) is 2.68. The number of nitriles is 1. The van der Waals surface area contributed by atoms with Crippen LogP contribution in [-0.4, -0.2) is 10.8 Å². The van der Waals surface area contributed by atoms with Crippen LogP contribution in [-0.2, 0) is 4.79 Å². The lowest BCUT2D eigenvalue weighted by Gasteiger charge is -2.13. The summed E-state index contributed by atoms with van der Waals surface area (Å²) in [6.45, 7) is 1.76. The molecule has 0 aliphatic rings. The first kappa shape index (κ1) is 15.9. The van der Waals surface area contributed by atoms with E-state index in [1.807, 2.05) is 6.07 Å². The summed E-state index contributed by atoms with van der Waals surface area (Å²) in [6, 6.07) is 15.4. The van der Waals surface area contributed by atoms with Crippen molar-refractivity contribution in [3.63, 3.8) is 0 Å². The number of rotatable bonds is 5. The zero-order chi connectivity index (χ0) is 17.1. The Morgan fingerprint density at radius 3 is 2.67 bits per heavy atom. The number of hydrogen-bond donors (Lipinski definition) is 0. The van der Waals surface area contributed by atoms with Crippen LogP contribution in [0.2, 0.25) is 0 Å². The summed E-state index contributed by atoms with van der Waals surface area (Å²) >= 11 is 0. The number of benzene rings is 2. The molecule has 0 unspecified atom stereocenters. The van der Waals surface area contributed by atoms with Crippen LogP contribution >= 0.6 is 0 Å². The molecule has 5 heteroatoms. The van der Waals surface area contributed by atoms with Crippen LogP contribution in [0.1, 0.15) is 36.6 Å². The maximum atomic E-state index is 13.8. The Morgan fingerprint density at radius 1 is 1.25 bits per heavy atom. The maximum absolute atomic E-state index is 13.8. The van der Waals surface area contributed by atoms with Crippen LogP contribution in [0.25, 0.3) is 11.1 Å². The van der Waals surface area contributed by atoms with Gasteiger partial charge in [-0.2, -0.15) is 5.26 Å². The van der Waals surface area contributed by atoms with Gasteiger partial charge in [0, 0.05) is 6.42 Å². The molecule has 0 spiro atoms. The van der Waals surface area contributed by atoms with E-state index < -0.39 is 5.92 Å². The van der Waals surface area contributed by atoms with Crippen molar-refractivity contribution in [1.29, 1.82) is 5.26 Å². The Bertz CT molecular complexity index is 893. The van der Waals surface area contributed by atoms with Crippen LogP contribution < -0.4 is 0 Å². The highest BCUT2D eigenvalue weighted by Gasteiger charge is 2.27. The molecule has 3 aromatic rings. The largest absolute Gasteiger partial charge is 0.439 e. The molecule has 1 heterocycles. The van der Waals surface area contributed by atoms with Crippen molar-refractivity contribution >= 4 is 16.9 Å². The van der Waals surface area contributed by atoms with E-state index in [0.717, 1.165) is 0 Å². The normalized spacial score (nSPS) is 13.4. The summed E-state index contributed by atoms with van der Waals surface area (Å²) in [7, 11) is 0. The van der Waals surface area contributed by atoms with Crippen molar-refractivity contribution in [2.24, 2.45) is 0 Å². The number of halogens is 1. The number of hydrogen-bond acceptors (Lipinski definition) is 4. The molecule has 0 bridgehead atoms. The molecule has 3 rings (SSSR count). The van der Waals surface area contributed by atoms with Crippen molar-refractivity contribution in [3.8, 4) is 6.07 Å². The molecule has 0 N–H and O–H groups in total. The topological polar surface area (TPSA) is 66.9 Å². The predicted molar refractivity (Wildman–Crippen MR) is 86.8 cm³/mol. The molecule has 0 saturated heterocycles. The summed E-state index contributed by atoms with van der Waals surface area (Å²) < 4.78 is 19.4. The number of fused-ring (bicyclic) bond motifs is 1. The standard InChI is InChI=1S/C19H15FN2O2/c1-12(13-6-2-3-7-15(13)20)10-17(23)14(11-21)19-22-16-8-4-5-9-18(16)24-19/h2-9,12,14H,10H2,1H3/t12-,14-/m1/s1. The van der Waals surface area contributed by atoms with E-state index >= 15 is 0 Å². The zero-order valence-corrected chi connectivity index (χ0v) is 13.1. The molecular formula is C19H15FN2O2. The minimum Gasteiger partial charge on any atom is -0.439 e. The molecule has 0 saturated carbocycles. The third kappa shape index (κ3) is 3.04. The first-order chi connectivity index (χ1) is 11.6. The van der Waals surface area contributed by atoms with Crippen molar-refractivity contribution in [1.82, 2.24) is 4.98 Å². The number of Topliss-reactive ketones (excluding diaryl/α,β-unsaturated/α-hetero) is 1. The van der Waals surface area contributed by atoms with Gasteiger partial charge in [0.15, 0.2) is 17.3 Å². The van der Waals surface area contributed by atoms with Gasteiger partial charge < -0.3 is 4.42 Å². The van der Waals surface area contributed by atoms with Crippen molar-refractivity contribution in [2.75, 3.05) is 0 Å². The lowest BCUT2D eigenvalue weighted by Crippen LogP contribution is -2.14. The number of aromatic nitrogens is 1. The Morgan fingerprint density at radius 2 is 1.96 bits per heavy atom. The van der Waals surface area contributed by atoms with Gasteiger partial charge in [0.2, 0.25) is 5.89 Å². The number of carbonyl (C=O) groups excluding carboxylic acids is 1. The van der Waals surface area contributed by atoms with E-state index in [0.29, 0.717) is 16.7 Å². The second-order valence-electron chi connectivity index (χ2n) is 5.67. The molecule has 0 fully saturated rings. The Hall–Kier alpha value is -3.00. The van der Waals surface area contributed by atoms with Crippen LogP contribution in [0, 0.1) is 17.1 Å². The number of nitrogens with zero attached hydrogens (tertiary/aromatic N) is 2. The van der Waals surface area contributed by atoms with Gasteiger partial charge in [0.25, 0.3) is 0 Å². The molecule has 0 amide bonds. The third-order valence-electron chi connectivity index (χ3n) is 3.95. The molecule has 2 aromatic carbocycles. The first-order valence-corrected chi connectivity index (χ1v) is 7.62. The monoisotopic (exact) mass is 322 g/mol. The number of para-hydroxylation sites is 2. The van der Waals surface area contributed by atoms with Crippen LogP contribution in [0.4, 0.5) is 4.39 Å². The molecule has 1 aromatic heterocycles. The van der Waals surface area contributed by atoms with Gasteiger partial charge in [-0.25, -0.2) is 9.37 Å². The molecule has 2 atom stereocenters. The van der Waals surface area contributed by atoms with Gasteiger partial charge >= 0.3 is 0 Å². The van der Waals surface area contributed by atoms with Crippen LogP contribution in [0.5, 0.6) is 0 Å². The number of oxazole rings is 1.